The van der Waals surface area contributed by atoms with Crippen LogP contribution in [0.5, 0.6) is 0 Å². The third-order valence-electron chi connectivity index (χ3n) is 3.65. The lowest BCUT2D eigenvalue weighted by Crippen LogP contribution is -2.07. The minimum absolute atomic E-state index is 0.444. The largest absolute Gasteiger partial charge is 0.377 e. The normalized spacial score (nSPS) is 17.6. The summed E-state index contributed by atoms with van der Waals surface area (Å²) in [5, 5.41) is 3.66. The Morgan fingerprint density at radius 2 is 1.94 bits per heavy atom. The average molecular weight is 302 g/mol. The molecule has 0 saturated carbocycles. The van der Waals surface area contributed by atoms with Crippen LogP contribution in [-0.4, -0.2) is 0 Å². The molecule has 1 atom stereocenters. The number of nitrogens with one attached hydrogen (secondary N) is 1. The Hall–Kier alpha value is -1.28. The molecule has 0 aliphatic heterocycles. The first-order valence-corrected chi connectivity index (χ1v) is 7.14. The number of anilines is 1. The monoisotopic (exact) mass is 301 g/mol. The number of fused-ring (bicyclic) bond motifs is 1. The number of halogens is 1. The van der Waals surface area contributed by atoms with Gasteiger partial charge in [-0.05, 0) is 58.5 Å². The van der Waals surface area contributed by atoms with Gasteiger partial charge in [-0.1, -0.05) is 36.4 Å². The summed E-state index contributed by atoms with van der Waals surface area (Å²) in [7, 11) is 0. The number of aryl methyl sites for hydroxylation is 2. The van der Waals surface area contributed by atoms with Gasteiger partial charge in [0.25, 0.3) is 0 Å². The molecular weight excluding hydrogens is 286 g/mol. The van der Waals surface area contributed by atoms with Crippen LogP contribution in [-0.2, 0) is 6.42 Å². The highest BCUT2D eigenvalue weighted by Gasteiger charge is 2.22. The van der Waals surface area contributed by atoms with Crippen LogP contribution in [0, 0.1) is 6.92 Å². The van der Waals surface area contributed by atoms with E-state index in [-0.39, 0.29) is 0 Å². The van der Waals surface area contributed by atoms with Crippen molar-refractivity contribution in [2.75, 3.05) is 5.32 Å². The van der Waals surface area contributed by atoms with Gasteiger partial charge in [-0.15, -0.1) is 0 Å². The number of benzene rings is 2. The van der Waals surface area contributed by atoms with E-state index in [2.05, 4.69) is 70.6 Å². The van der Waals surface area contributed by atoms with E-state index < -0.39 is 0 Å². The third-order valence-corrected chi connectivity index (χ3v) is 4.71. The Kier molecular flexibility index (Phi) is 3.13. The summed E-state index contributed by atoms with van der Waals surface area (Å²) in [4.78, 5) is 0. The van der Waals surface area contributed by atoms with E-state index in [1.807, 2.05) is 0 Å². The van der Waals surface area contributed by atoms with Crippen molar-refractivity contribution in [1.29, 1.82) is 0 Å². The summed E-state index contributed by atoms with van der Waals surface area (Å²) in [6.45, 7) is 2.12. The second-order valence-corrected chi connectivity index (χ2v) is 5.66. The van der Waals surface area contributed by atoms with Gasteiger partial charge in [0, 0.05) is 10.2 Å². The molecule has 92 valence electrons. The van der Waals surface area contributed by atoms with Gasteiger partial charge in [0.05, 0.1) is 6.04 Å². The summed E-state index contributed by atoms with van der Waals surface area (Å²) in [6, 6.07) is 15.5. The molecule has 3 rings (SSSR count). The molecule has 0 fully saturated rings. The van der Waals surface area contributed by atoms with Gasteiger partial charge in [-0.2, -0.15) is 0 Å². The molecule has 1 aliphatic carbocycles. The Labute approximate surface area is 116 Å². The number of hydrogen-bond acceptors (Lipinski definition) is 1. The highest BCUT2D eigenvalue weighted by molar-refractivity contribution is 9.10. The van der Waals surface area contributed by atoms with E-state index in [0.717, 1.165) is 0 Å². The molecule has 0 aromatic heterocycles. The zero-order chi connectivity index (χ0) is 12.5. The van der Waals surface area contributed by atoms with E-state index in [0.29, 0.717) is 6.04 Å². The van der Waals surface area contributed by atoms with Gasteiger partial charge in [0.2, 0.25) is 0 Å². The van der Waals surface area contributed by atoms with Crippen LogP contribution in [0.1, 0.15) is 29.2 Å². The minimum atomic E-state index is 0.444. The van der Waals surface area contributed by atoms with E-state index in [4.69, 9.17) is 0 Å². The van der Waals surface area contributed by atoms with Gasteiger partial charge < -0.3 is 5.32 Å². The van der Waals surface area contributed by atoms with Crippen LogP contribution < -0.4 is 5.32 Å². The van der Waals surface area contributed by atoms with Gasteiger partial charge in [0.1, 0.15) is 0 Å². The van der Waals surface area contributed by atoms with Crippen molar-refractivity contribution in [3.8, 4) is 0 Å². The molecule has 2 aromatic rings. The van der Waals surface area contributed by atoms with Gasteiger partial charge in [-0.25, -0.2) is 0 Å². The molecule has 0 spiro atoms. The molecule has 0 bridgehead atoms. The minimum Gasteiger partial charge on any atom is -0.377 e. The molecular formula is C16H16BrN. The van der Waals surface area contributed by atoms with Crippen molar-refractivity contribution in [2.45, 2.75) is 25.8 Å². The Balaban J connectivity index is 1.89. The van der Waals surface area contributed by atoms with E-state index in [9.17, 15) is 0 Å². The number of hydrogen-bond donors (Lipinski definition) is 1. The average Bonchev–Trinajstić information content (AvgIpc) is 2.79. The maximum atomic E-state index is 3.66. The fourth-order valence-electron chi connectivity index (χ4n) is 2.65. The Morgan fingerprint density at radius 3 is 2.83 bits per heavy atom. The van der Waals surface area contributed by atoms with E-state index >= 15 is 0 Å². The van der Waals surface area contributed by atoms with Crippen molar-refractivity contribution >= 4 is 21.6 Å². The van der Waals surface area contributed by atoms with Gasteiger partial charge >= 0.3 is 0 Å². The first-order chi connectivity index (χ1) is 8.75. The fraction of sp³-hybridized carbons (Fsp3) is 0.250. The number of rotatable bonds is 2. The second kappa shape index (κ2) is 4.77. The summed E-state index contributed by atoms with van der Waals surface area (Å²) >= 11 is 3.66. The maximum absolute atomic E-state index is 3.66. The molecule has 0 amide bonds. The molecule has 1 nitrogen and oxygen atoms in total. The zero-order valence-corrected chi connectivity index (χ0v) is 12.0. The smallest absolute Gasteiger partial charge is 0.0520 e. The second-order valence-electron chi connectivity index (χ2n) is 4.87. The third kappa shape index (κ3) is 2.05. The first-order valence-electron chi connectivity index (χ1n) is 6.35. The predicted octanol–water partition coefficient (Wildman–Crippen LogP) is 4.86. The molecule has 1 unspecified atom stereocenters. The van der Waals surface area contributed by atoms with Crippen molar-refractivity contribution in [1.82, 2.24) is 0 Å². The Bertz CT molecular complexity index is 577. The maximum Gasteiger partial charge on any atom is 0.0520 e. The summed E-state index contributed by atoms with van der Waals surface area (Å²) < 4.78 is 1.18. The summed E-state index contributed by atoms with van der Waals surface area (Å²) in [6.07, 6.45) is 2.36. The topological polar surface area (TPSA) is 12.0 Å². The molecule has 1 aliphatic rings. The quantitative estimate of drug-likeness (QED) is 0.835. The van der Waals surface area contributed by atoms with Crippen molar-refractivity contribution in [3.63, 3.8) is 0 Å². The first kappa shape index (κ1) is 11.8. The predicted molar refractivity (Wildman–Crippen MR) is 80.0 cm³/mol. The zero-order valence-electron chi connectivity index (χ0n) is 10.4. The molecule has 0 heterocycles. The summed E-state index contributed by atoms with van der Waals surface area (Å²) in [5.41, 5.74) is 5.40. The molecule has 2 aromatic carbocycles. The highest BCUT2D eigenvalue weighted by atomic mass is 79.9. The van der Waals surface area contributed by atoms with Crippen LogP contribution in [0.25, 0.3) is 0 Å². The lowest BCUT2D eigenvalue weighted by molar-refractivity contribution is 0.761. The van der Waals surface area contributed by atoms with Crippen LogP contribution in [0.4, 0.5) is 5.69 Å². The van der Waals surface area contributed by atoms with Crippen molar-refractivity contribution in [3.05, 3.63) is 63.6 Å². The van der Waals surface area contributed by atoms with Gasteiger partial charge in [-0.3, -0.25) is 0 Å². The van der Waals surface area contributed by atoms with Crippen LogP contribution >= 0.6 is 15.9 Å². The lowest BCUT2D eigenvalue weighted by atomic mass is 10.1. The summed E-state index contributed by atoms with van der Waals surface area (Å²) in [5.74, 6) is 0. The van der Waals surface area contributed by atoms with Crippen LogP contribution in [0.15, 0.2) is 46.9 Å². The van der Waals surface area contributed by atoms with Crippen molar-refractivity contribution in [2.24, 2.45) is 0 Å². The van der Waals surface area contributed by atoms with Crippen LogP contribution in [0.2, 0.25) is 0 Å². The highest BCUT2D eigenvalue weighted by Crippen LogP contribution is 2.36. The molecule has 2 heteroatoms. The van der Waals surface area contributed by atoms with E-state index in [1.54, 1.807) is 0 Å². The van der Waals surface area contributed by atoms with Gasteiger partial charge in [0.15, 0.2) is 0 Å². The molecule has 0 saturated heterocycles. The fourth-order valence-corrected chi connectivity index (χ4v) is 3.03. The SMILES string of the molecule is Cc1cccc(NC2CCc3ccccc32)c1Br. The van der Waals surface area contributed by atoms with E-state index in [1.165, 1.54) is 39.7 Å². The van der Waals surface area contributed by atoms with Crippen LogP contribution in [0.3, 0.4) is 0 Å². The molecule has 18 heavy (non-hydrogen) atoms. The van der Waals surface area contributed by atoms with Crippen molar-refractivity contribution < 1.29 is 0 Å². The lowest BCUT2D eigenvalue weighted by Gasteiger charge is -2.17. The Morgan fingerprint density at radius 1 is 1.11 bits per heavy atom. The molecule has 0 radical (unpaired) electrons. The molecule has 1 N–H and O–H groups in total. The standard InChI is InChI=1S/C16H16BrN/c1-11-5-4-8-15(16(11)17)18-14-10-9-12-6-2-3-7-13(12)14/h2-8,14,18H,9-10H2,1H3.